The van der Waals surface area contributed by atoms with Crippen LogP contribution in [0.5, 0.6) is 0 Å². The Hall–Kier alpha value is -3.60. The normalized spacial score (nSPS) is 11.3. The van der Waals surface area contributed by atoms with Gasteiger partial charge in [0.25, 0.3) is 0 Å². The Labute approximate surface area is 156 Å². The average molecular weight is 351 g/mol. The number of fused-ring (bicyclic) bond motifs is 2. The third kappa shape index (κ3) is 2.93. The summed E-state index contributed by atoms with van der Waals surface area (Å²) in [5, 5.41) is 9.69. The van der Waals surface area contributed by atoms with Crippen LogP contribution in [0.15, 0.2) is 72.9 Å². The lowest BCUT2D eigenvalue weighted by Gasteiger charge is -2.06. The Kier molecular flexibility index (Phi) is 3.64. The molecule has 5 rings (SSSR count). The van der Waals surface area contributed by atoms with Crippen molar-refractivity contribution in [3.05, 3.63) is 84.1 Å². The fourth-order valence-electron chi connectivity index (χ4n) is 3.24. The van der Waals surface area contributed by atoms with Gasteiger partial charge in [-0.3, -0.25) is 4.98 Å². The van der Waals surface area contributed by atoms with E-state index in [1.54, 1.807) is 0 Å². The van der Waals surface area contributed by atoms with Crippen LogP contribution in [0.4, 0.5) is 0 Å². The van der Waals surface area contributed by atoms with E-state index in [2.05, 4.69) is 64.7 Å². The van der Waals surface area contributed by atoms with Gasteiger partial charge in [0.15, 0.2) is 5.65 Å². The van der Waals surface area contributed by atoms with Crippen LogP contribution in [0.1, 0.15) is 11.1 Å². The first-order valence-electron chi connectivity index (χ1n) is 8.87. The molecule has 0 spiro atoms. The van der Waals surface area contributed by atoms with Crippen LogP contribution in [0.25, 0.3) is 33.3 Å². The van der Waals surface area contributed by atoms with Crippen molar-refractivity contribution in [1.82, 2.24) is 25.0 Å². The van der Waals surface area contributed by atoms with Crippen LogP contribution in [-0.4, -0.2) is 25.0 Å². The van der Waals surface area contributed by atoms with E-state index in [4.69, 9.17) is 4.98 Å². The van der Waals surface area contributed by atoms with Gasteiger partial charge in [-0.15, -0.1) is 5.10 Å². The summed E-state index contributed by atoms with van der Waals surface area (Å²) in [5.41, 5.74) is 6.97. The molecule has 0 saturated heterocycles. The van der Waals surface area contributed by atoms with Crippen molar-refractivity contribution in [3.63, 3.8) is 0 Å². The third-order valence-corrected chi connectivity index (χ3v) is 4.71. The van der Waals surface area contributed by atoms with E-state index in [-0.39, 0.29) is 0 Å². The SMILES string of the molecule is Cc1ccc(-c2ccc3nnn(Cc4ccc5ncccc5c4)c3n2)cc1. The van der Waals surface area contributed by atoms with E-state index in [1.165, 1.54) is 5.56 Å². The van der Waals surface area contributed by atoms with Crippen molar-refractivity contribution in [2.24, 2.45) is 0 Å². The van der Waals surface area contributed by atoms with Crippen LogP contribution >= 0.6 is 0 Å². The Morgan fingerprint density at radius 2 is 1.74 bits per heavy atom. The molecule has 0 saturated carbocycles. The van der Waals surface area contributed by atoms with Crippen molar-refractivity contribution in [2.45, 2.75) is 13.5 Å². The zero-order valence-corrected chi connectivity index (χ0v) is 14.9. The molecule has 3 aromatic heterocycles. The molecule has 0 aliphatic rings. The Morgan fingerprint density at radius 3 is 2.63 bits per heavy atom. The fourth-order valence-corrected chi connectivity index (χ4v) is 3.24. The summed E-state index contributed by atoms with van der Waals surface area (Å²) in [6, 6.07) is 22.6. The highest BCUT2D eigenvalue weighted by atomic mass is 15.4. The quantitative estimate of drug-likeness (QED) is 0.483. The van der Waals surface area contributed by atoms with Gasteiger partial charge in [-0.1, -0.05) is 47.2 Å². The molecule has 3 heterocycles. The Morgan fingerprint density at radius 1 is 0.889 bits per heavy atom. The minimum atomic E-state index is 0.617. The van der Waals surface area contributed by atoms with Crippen molar-refractivity contribution >= 4 is 22.1 Å². The molecule has 2 aromatic carbocycles. The van der Waals surface area contributed by atoms with E-state index in [0.29, 0.717) is 6.54 Å². The number of aryl methyl sites for hydroxylation is 1. The first kappa shape index (κ1) is 15.6. The predicted molar refractivity (Wildman–Crippen MR) is 106 cm³/mol. The highest BCUT2D eigenvalue weighted by Crippen LogP contribution is 2.21. The molecule has 0 aliphatic heterocycles. The largest absolute Gasteiger partial charge is 0.256 e. The highest BCUT2D eigenvalue weighted by Gasteiger charge is 2.09. The van der Waals surface area contributed by atoms with E-state index in [9.17, 15) is 0 Å². The lowest BCUT2D eigenvalue weighted by Crippen LogP contribution is -2.03. The standard InChI is InChI=1S/C22H17N5/c1-15-4-7-17(8-5-15)20-10-11-21-22(24-20)27(26-25-21)14-16-6-9-19-18(13-16)3-2-12-23-19/h2-13H,14H2,1H3. The molecule has 0 atom stereocenters. The molecule has 5 aromatic rings. The van der Waals surface area contributed by atoms with Crippen molar-refractivity contribution in [3.8, 4) is 11.3 Å². The lowest BCUT2D eigenvalue weighted by atomic mass is 10.1. The van der Waals surface area contributed by atoms with Crippen LogP contribution in [0, 0.1) is 6.92 Å². The van der Waals surface area contributed by atoms with Gasteiger partial charge in [0.2, 0.25) is 0 Å². The molecule has 0 aliphatic carbocycles. The maximum atomic E-state index is 4.82. The van der Waals surface area contributed by atoms with Gasteiger partial charge in [-0.05, 0) is 42.8 Å². The van der Waals surface area contributed by atoms with E-state index < -0.39 is 0 Å². The molecular weight excluding hydrogens is 334 g/mol. The number of aromatic nitrogens is 5. The summed E-state index contributed by atoms with van der Waals surface area (Å²) in [6.07, 6.45) is 1.81. The smallest absolute Gasteiger partial charge is 0.179 e. The summed E-state index contributed by atoms with van der Waals surface area (Å²) >= 11 is 0. The summed E-state index contributed by atoms with van der Waals surface area (Å²) in [5.74, 6) is 0. The molecule has 0 fully saturated rings. The highest BCUT2D eigenvalue weighted by molar-refractivity contribution is 5.79. The van der Waals surface area contributed by atoms with Crippen molar-refractivity contribution in [1.29, 1.82) is 0 Å². The molecule has 5 nitrogen and oxygen atoms in total. The second-order valence-corrected chi connectivity index (χ2v) is 6.68. The molecule has 0 radical (unpaired) electrons. The number of hydrogen-bond acceptors (Lipinski definition) is 4. The number of nitrogens with zero attached hydrogens (tertiary/aromatic N) is 5. The number of pyridine rings is 2. The third-order valence-electron chi connectivity index (χ3n) is 4.71. The van der Waals surface area contributed by atoms with Gasteiger partial charge < -0.3 is 0 Å². The molecule has 5 heteroatoms. The van der Waals surface area contributed by atoms with Crippen LogP contribution < -0.4 is 0 Å². The predicted octanol–water partition coefficient (Wildman–Crippen LogP) is 4.40. The van der Waals surface area contributed by atoms with E-state index >= 15 is 0 Å². The maximum Gasteiger partial charge on any atom is 0.179 e. The van der Waals surface area contributed by atoms with E-state index in [1.807, 2.05) is 35.1 Å². The first-order valence-corrected chi connectivity index (χ1v) is 8.87. The molecule has 0 unspecified atom stereocenters. The molecular formula is C22H17N5. The summed E-state index contributed by atoms with van der Waals surface area (Å²) in [6.45, 7) is 2.70. The van der Waals surface area contributed by atoms with Gasteiger partial charge in [0, 0.05) is 17.1 Å². The molecule has 130 valence electrons. The van der Waals surface area contributed by atoms with Gasteiger partial charge in [-0.25, -0.2) is 9.67 Å². The summed E-state index contributed by atoms with van der Waals surface area (Å²) in [4.78, 5) is 9.19. The zero-order chi connectivity index (χ0) is 18.2. The number of benzene rings is 2. The minimum absolute atomic E-state index is 0.617. The summed E-state index contributed by atoms with van der Waals surface area (Å²) in [7, 11) is 0. The number of hydrogen-bond donors (Lipinski definition) is 0. The van der Waals surface area contributed by atoms with Gasteiger partial charge in [0.1, 0.15) is 5.52 Å². The second-order valence-electron chi connectivity index (χ2n) is 6.68. The van der Waals surface area contributed by atoms with Crippen molar-refractivity contribution < 1.29 is 0 Å². The maximum absolute atomic E-state index is 4.82. The molecule has 0 N–H and O–H groups in total. The summed E-state index contributed by atoms with van der Waals surface area (Å²) < 4.78 is 1.85. The topological polar surface area (TPSA) is 56.5 Å². The van der Waals surface area contributed by atoms with Crippen LogP contribution in [0.3, 0.4) is 0 Å². The Bertz CT molecular complexity index is 1250. The van der Waals surface area contributed by atoms with Crippen molar-refractivity contribution in [2.75, 3.05) is 0 Å². The first-order chi connectivity index (χ1) is 13.3. The fraction of sp³-hybridized carbons (Fsp3) is 0.0909. The number of rotatable bonds is 3. The monoisotopic (exact) mass is 351 g/mol. The zero-order valence-electron chi connectivity index (χ0n) is 14.9. The van der Waals surface area contributed by atoms with Gasteiger partial charge in [-0.2, -0.15) is 0 Å². The second kappa shape index (κ2) is 6.29. The van der Waals surface area contributed by atoms with Crippen LogP contribution in [0.2, 0.25) is 0 Å². The molecule has 27 heavy (non-hydrogen) atoms. The van der Waals surface area contributed by atoms with E-state index in [0.717, 1.165) is 38.9 Å². The molecule has 0 amide bonds. The minimum Gasteiger partial charge on any atom is -0.256 e. The lowest BCUT2D eigenvalue weighted by molar-refractivity contribution is 0.665. The van der Waals surface area contributed by atoms with Gasteiger partial charge >= 0.3 is 0 Å². The van der Waals surface area contributed by atoms with Gasteiger partial charge in [0.05, 0.1) is 17.8 Å². The molecule has 0 bridgehead atoms. The Balaban J connectivity index is 1.54. The average Bonchev–Trinajstić information content (AvgIpc) is 3.10. The van der Waals surface area contributed by atoms with Crippen LogP contribution in [-0.2, 0) is 6.54 Å².